The third-order valence-corrected chi connectivity index (χ3v) is 12.5. The Bertz CT molecular complexity index is 2780. The molecule has 60 heavy (non-hydrogen) atoms. The normalized spacial score (nSPS) is 14.3. The molecule has 2 saturated carbocycles. The number of carbonyl (C=O) groups is 2. The fraction of sp³-hybridized carbons (Fsp3) is 0.238. The van der Waals surface area contributed by atoms with E-state index in [2.05, 4.69) is 20.8 Å². The summed E-state index contributed by atoms with van der Waals surface area (Å²) in [4.78, 5) is 24.5. The molecule has 6 aromatic rings. The number of hydrogen-bond acceptors (Lipinski definition) is 8. The average Bonchev–Trinajstić information content (AvgIpc) is 3.54. The minimum atomic E-state index is -4.06. The van der Waals surface area contributed by atoms with Gasteiger partial charge >= 0.3 is 0 Å². The Morgan fingerprint density at radius 3 is 1.58 bits per heavy atom. The van der Waals surface area contributed by atoms with E-state index in [0.717, 1.165) is 38.5 Å². The van der Waals surface area contributed by atoms with Crippen molar-refractivity contribution in [1.29, 1.82) is 0 Å². The highest BCUT2D eigenvalue weighted by molar-refractivity contribution is 7.89. The first kappa shape index (κ1) is 42.4. The predicted octanol–water partition coefficient (Wildman–Crippen LogP) is 7.00. The number of benzene rings is 4. The van der Waals surface area contributed by atoms with Crippen LogP contribution in [-0.2, 0) is 42.5 Å². The van der Waals surface area contributed by atoms with Crippen LogP contribution in [-0.4, -0.2) is 48.2 Å². The molecule has 2 fully saturated rings. The number of sulfonamides is 2. The molecule has 0 bridgehead atoms. The van der Waals surface area contributed by atoms with Crippen LogP contribution in [0.5, 0.6) is 0 Å². The summed E-state index contributed by atoms with van der Waals surface area (Å²) in [5.41, 5.74) is 3.70. The van der Waals surface area contributed by atoms with Gasteiger partial charge in [0.25, 0.3) is 0 Å². The van der Waals surface area contributed by atoms with Gasteiger partial charge in [0.2, 0.25) is 31.9 Å². The lowest BCUT2D eigenvalue weighted by molar-refractivity contribution is -0.116. The Hall–Kier alpha value is -5.72. The maximum absolute atomic E-state index is 13.8. The number of aromatic nitrogens is 4. The summed E-state index contributed by atoms with van der Waals surface area (Å²) in [5, 5.41) is 25.4. The van der Waals surface area contributed by atoms with Gasteiger partial charge in [0.1, 0.15) is 5.82 Å². The zero-order chi connectivity index (χ0) is 42.6. The number of nitrogens with two attached hydrogens (primary N) is 2. The lowest BCUT2D eigenvalue weighted by Gasteiger charge is -2.11. The Morgan fingerprint density at radius 2 is 1.12 bits per heavy atom. The van der Waals surface area contributed by atoms with E-state index in [1.807, 2.05) is 21.8 Å². The first-order chi connectivity index (χ1) is 28.6. The summed E-state index contributed by atoms with van der Waals surface area (Å²) in [5.74, 6) is -1.25. The monoisotopic (exact) mass is 872 g/mol. The van der Waals surface area contributed by atoms with E-state index < -0.39 is 31.8 Å². The van der Waals surface area contributed by atoms with E-state index in [1.54, 1.807) is 73.1 Å². The molecule has 2 aliphatic carbocycles. The van der Waals surface area contributed by atoms with Crippen LogP contribution in [0, 0.1) is 5.82 Å². The molecule has 2 aromatic heterocycles. The molecule has 14 nitrogen and oxygen atoms in total. The molecule has 0 spiro atoms. The van der Waals surface area contributed by atoms with Crippen LogP contribution in [0.25, 0.3) is 22.3 Å². The fourth-order valence-electron chi connectivity index (χ4n) is 7.05. The number of amides is 2. The zero-order valence-corrected chi connectivity index (χ0v) is 34.6. The van der Waals surface area contributed by atoms with Crippen LogP contribution in [0.4, 0.5) is 15.8 Å². The third kappa shape index (κ3) is 10.5. The maximum Gasteiger partial charge on any atom is 0.238 e. The molecular formula is C42H42ClFN8O6S2. The van der Waals surface area contributed by atoms with E-state index >= 15 is 0 Å². The SMILES string of the molecule is NS(=O)(=O)c1cc(NC(=O)Cc2ccccc2Cl)ccc1-c1cnn(C2CC2)c1.NS(=O)(=O)c1cc(NC(=O)Cc2ccccc2F)ccc1-c1cnn(C2CCCC2)c1. The Kier molecular flexibility index (Phi) is 12.6. The number of carbonyl (C=O) groups excluding carboxylic acids is 2. The van der Waals surface area contributed by atoms with Gasteiger partial charge in [-0.1, -0.05) is 73.0 Å². The van der Waals surface area contributed by atoms with Crippen LogP contribution >= 0.6 is 11.6 Å². The minimum absolute atomic E-state index is 0.0663. The quantitative estimate of drug-likeness (QED) is 0.100. The van der Waals surface area contributed by atoms with E-state index in [4.69, 9.17) is 21.9 Å². The van der Waals surface area contributed by atoms with Gasteiger partial charge in [-0.3, -0.25) is 19.0 Å². The number of nitrogens with zero attached hydrogens (tertiary/aromatic N) is 4. The number of halogens is 2. The van der Waals surface area contributed by atoms with Gasteiger partial charge in [-0.15, -0.1) is 0 Å². The highest BCUT2D eigenvalue weighted by Crippen LogP contribution is 2.37. The van der Waals surface area contributed by atoms with Crippen molar-refractivity contribution < 1.29 is 30.8 Å². The molecule has 8 rings (SSSR count). The van der Waals surface area contributed by atoms with Crippen LogP contribution < -0.4 is 20.9 Å². The third-order valence-electron chi connectivity index (χ3n) is 10.2. The van der Waals surface area contributed by atoms with Gasteiger partial charge < -0.3 is 10.6 Å². The van der Waals surface area contributed by atoms with Crippen LogP contribution in [0.2, 0.25) is 5.02 Å². The molecule has 0 atom stereocenters. The number of primary sulfonamides is 2. The van der Waals surface area contributed by atoms with Gasteiger partial charge in [-0.2, -0.15) is 10.2 Å². The van der Waals surface area contributed by atoms with E-state index in [0.29, 0.717) is 50.6 Å². The first-order valence-corrected chi connectivity index (χ1v) is 22.6. The summed E-state index contributed by atoms with van der Waals surface area (Å²) < 4.78 is 66.3. The number of anilines is 2. The molecule has 312 valence electrons. The summed E-state index contributed by atoms with van der Waals surface area (Å²) >= 11 is 6.09. The van der Waals surface area contributed by atoms with Crippen LogP contribution in [0.1, 0.15) is 61.7 Å². The molecule has 2 amide bonds. The second kappa shape index (κ2) is 17.9. The second-order valence-electron chi connectivity index (χ2n) is 14.7. The molecule has 0 saturated heterocycles. The Balaban J connectivity index is 0.000000182. The van der Waals surface area contributed by atoms with E-state index in [1.165, 1.54) is 24.3 Å². The molecule has 6 N–H and O–H groups in total. The Labute approximate surface area is 351 Å². The number of rotatable bonds is 12. The second-order valence-corrected chi connectivity index (χ2v) is 18.2. The van der Waals surface area contributed by atoms with Crippen LogP contribution in [0.15, 0.2) is 120 Å². The van der Waals surface area contributed by atoms with Gasteiger partial charge in [-0.25, -0.2) is 31.5 Å². The maximum atomic E-state index is 13.8. The lowest BCUT2D eigenvalue weighted by atomic mass is 10.1. The standard InChI is InChI=1S/C22H23FN4O3S.C20H19ClN4O3S/c23-20-8-4-1-5-15(20)11-22(28)26-17-9-10-19(21(12-17)31(24,29)30)16-13-25-27(14-16)18-6-2-3-7-18;21-18-4-2-1-3-13(18)9-20(26)24-15-5-8-17(19(10-15)29(22,27)28)14-11-23-25(12-14)16-6-7-16/h1,4-5,8-10,12-14,18H,2-3,6-7,11H2,(H,26,28)(H2,24,29,30);1-5,8,10-12,16H,6-7,9H2,(H,24,26)(H2,22,27,28). The highest BCUT2D eigenvalue weighted by Gasteiger charge is 2.26. The summed E-state index contributed by atoms with van der Waals surface area (Å²) in [6.07, 6.45) is 13.3. The number of nitrogens with one attached hydrogen (secondary N) is 2. The van der Waals surface area contributed by atoms with E-state index in [-0.39, 0.29) is 39.8 Å². The predicted molar refractivity (Wildman–Crippen MR) is 226 cm³/mol. The lowest BCUT2D eigenvalue weighted by Crippen LogP contribution is -2.17. The molecule has 2 aliphatic rings. The molecular weight excluding hydrogens is 831 g/mol. The van der Waals surface area contributed by atoms with Crippen molar-refractivity contribution in [2.75, 3.05) is 10.6 Å². The number of hydrogen-bond donors (Lipinski definition) is 4. The highest BCUT2D eigenvalue weighted by atomic mass is 35.5. The van der Waals surface area contributed by atoms with Crippen LogP contribution in [0.3, 0.4) is 0 Å². The summed E-state index contributed by atoms with van der Waals surface area (Å²) in [6, 6.07) is 22.9. The van der Waals surface area contributed by atoms with Crippen molar-refractivity contribution in [2.24, 2.45) is 10.3 Å². The molecule has 4 aromatic carbocycles. The molecule has 0 unspecified atom stereocenters. The molecule has 0 aliphatic heterocycles. The molecule has 18 heteroatoms. The average molecular weight is 873 g/mol. The van der Waals surface area contributed by atoms with Gasteiger partial charge in [-0.05, 0) is 73.2 Å². The van der Waals surface area contributed by atoms with Gasteiger partial charge in [0.05, 0.1) is 47.1 Å². The smallest absolute Gasteiger partial charge is 0.238 e. The topological polar surface area (TPSA) is 214 Å². The van der Waals surface area contributed by atoms with Crippen molar-refractivity contribution in [2.45, 2.75) is 73.2 Å². The van der Waals surface area contributed by atoms with Crippen molar-refractivity contribution in [3.05, 3.63) is 132 Å². The van der Waals surface area contributed by atoms with Crippen molar-refractivity contribution >= 4 is 54.8 Å². The van der Waals surface area contributed by atoms with Crippen molar-refractivity contribution in [1.82, 2.24) is 19.6 Å². The van der Waals surface area contributed by atoms with Gasteiger partial charge in [0, 0.05) is 51.0 Å². The first-order valence-electron chi connectivity index (χ1n) is 19.1. The minimum Gasteiger partial charge on any atom is -0.326 e. The zero-order valence-electron chi connectivity index (χ0n) is 32.2. The fourth-order valence-corrected chi connectivity index (χ4v) is 8.82. The molecule has 0 radical (unpaired) electrons. The van der Waals surface area contributed by atoms with E-state index in [9.17, 15) is 30.8 Å². The van der Waals surface area contributed by atoms with Gasteiger partial charge in [0.15, 0.2) is 0 Å². The Morgan fingerprint density at radius 1 is 0.667 bits per heavy atom. The van der Waals surface area contributed by atoms with Crippen molar-refractivity contribution in [3.8, 4) is 22.3 Å². The van der Waals surface area contributed by atoms with Crippen molar-refractivity contribution in [3.63, 3.8) is 0 Å². The summed E-state index contributed by atoms with van der Waals surface area (Å²) in [7, 11) is -8.07. The molecule has 2 heterocycles. The largest absolute Gasteiger partial charge is 0.326 e. The summed E-state index contributed by atoms with van der Waals surface area (Å²) in [6.45, 7) is 0.